The van der Waals surface area contributed by atoms with Gasteiger partial charge in [-0.1, -0.05) is 101 Å². The highest BCUT2D eigenvalue weighted by atomic mass is 32.1. The number of rotatable bonds is 14. The molecular weight excluding hydrogens is 793 g/mol. The van der Waals surface area contributed by atoms with Crippen LogP contribution in [0.25, 0.3) is 51.8 Å². The first-order valence-corrected chi connectivity index (χ1v) is 23.6. The van der Waals surface area contributed by atoms with Crippen LogP contribution in [0.5, 0.6) is 0 Å². The molecule has 58 heavy (non-hydrogen) atoms. The molecule has 2 aliphatic rings. The molecule has 0 amide bonds. The van der Waals surface area contributed by atoms with Crippen LogP contribution in [0.3, 0.4) is 0 Å². The number of hydrogen-bond donors (Lipinski definition) is 0. The number of allylic oxidation sites excluding steroid dienone is 2. The van der Waals surface area contributed by atoms with Crippen LogP contribution < -0.4 is 0 Å². The van der Waals surface area contributed by atoms with E-state index in [-0.39, 0.29) is 34.3 Å². The van der Waals surface area contributed by atoms with Crippen molar-refractivity contribution in [2.75, 3.05) is 0 Å². The van der Waals surface area contributed by atoms with Gasteiger partial charge in [0, 0.05) is 71.7 Å². The second-order valence-corrected chi connectivity index (χ2v) is 19.5. The van der Waals surface area contributed by atoms with Gasteiger partial charge in [0.1, 0.15) is 0 Å². The third-order valence-electron chi connectivity index (χ3n) is 11.4. The average Bonchev–Trinajstić information content (AvgIpc) is 4.11. The van der Waals surface area contributed by atoms with Crippen LogP contribution >= 0.6 is 45.3 Å². The van der Waals surface area contributed by atoms with Gasteiger partial charge in [-0.2, -0.15) is 0 Å². The Balaban J connectivity index is 1.12. The molecule has 0 saturated carbocycles. The second kappa shape index (κ2) is 16.4. The molecule has 0 unspecified atom stereocenters. The Bertz CT molecular complexity index is 2580. The van der Waals surface area contributed by atoms with Crippen LogP contribution in [0.4, 0.5) is 0 Å². The lowest BCUT2D eigenvalue weighted by Crippen LogP contribution is -1.99. The zero-order valence-electron chi connectivity index (χ0n) is 32.6. The van der Waals surface area contributed by atoms with Crippen LogP contribution in [0.1, 0.15) is 128 Å². The number of Topliss-reactive ketones (excluding diaryl/α,β-unsaturated/α-hetero) is 4. The molecule has 4 aromatic heterocycles. The zero-order valence-corrected chi connectivity index (χ0v) is 35.8. The molecule has 0 atom stereocenters. The van der Waals surface area contributed by atoms with Crippen molar-refractivity contribution in [3.05, 3.63) is 139 Å². The van der Waals surface area contributed by atoms with Gasteiger partial charge in [0.15, 0.2) is 23.1 Å². The third kappa shape index (κ3) is 7.04. The minimum absolute atomic E-state index is 0.201. The van der Waals surface area contributed by atoms with Crippen molar-refractivity contribution in [3.63, 3.8) is 0 Å². The largest absolute Gasteiger partial charge is 0.288 e. The van der Waals surface area contributed by atoms with Gasteiger partial charge >= 0.3 is 0 Å². The lowest BCUT2D eigenvalue weighted by Gasteiger charge is -2.13. The summed E-state index contributed by atoms with van der Waals surface area (Å²) in [5.74, 6) is -0.804. The van der Waals surface area contributed by atoms with Gasteiger partial charge in [0.05, 0.1) is 11.1 Å². The summed E-state index contributed by atoms with van der Waals surface area (Å²) in [5.41, 5.74) is 5.39. The molecule has 0 saturated heterocycles. The Morgan fingerprint density at radius 2 is 0.810 bits per heavy atom. The highest BCUT2D eigenvalue weighted by molar-refractivity contribution is 7.28. The van der Waals surface area contributed by atoms with E-state index < -0.39 is 0 Å². The molecule has 0 aliphatic heterocycles. The number of unbranched alkanes of at least 4 members (excludes halogenated alkanes) is 6. The average molecular weight is 835 g/mol. The summed E-state index contributed by atoms with van der Waals surface area (Å²) in [6.07, 6.45) is 15.3. The van der Waals surface area contributed by atoms with E-state index in [1.807, 2.05) is 34.8 Å². The number of aryl methyl sites for hydroxylation is 2. The van der Waals surface area contributed by atoms with Gasteiger partial charge in [-0.25, -0.2) is 0 Å². The molecule has 0 radical (unpaired) electrons. The fourth-order valence-corrected chi connectivity index (χ4v) is 13.0. The lowest BCUT2D eigenvalue weighted by atomic mass is 9.93. The maximum absolute atomic E-state index is 13.2. The predicted octanol–water partition coefficient (Wildman–Crippen LogP) is 14.7. The highest BCUT2D eigenvalue weighted by Crippen LogP contribution is 2.49. The Morgan fingerprint density at radius 1 is 0.431 bits per heavy atom. The van der Waals surface area contributed by atoms with E-state index in [0.717, 1.165) is 45.2 Å². The first-order valence-electron chi connectivity index (χ1n) is 20.4. The van der Waals surface area contributed by atoms with Gasteiger partial charge in [-0.3, -0.25) is 19.2 Å². The molecule has 0 fully saturated rings. The monoisotopic (exact) mass is 834 g/mol. The smallest absolute Gasteiger partial charge is 0.197 e. The summed E-state index contributed by atoms with van der Waals surface area (Å²) < 4.78 is 2.74. The van der Waals surface area contributed by atoms with Crippen molar-refractivity contribution in [2.24, 2.45) is 0 Å². The SMILES string of the molecule is CCCCCCc1c(CCCCCC)c2sc(-c3ccc(C=C4C(=O)c5ccccc5C4=O)s3)cc2c2cc(-c3ccc(C=C4C(=O)c5ccccc5C4=O)s3)sc12. The quantitative estimate of drug-likeness (QED) is 0.0622. The van der Waals surface area contributed by atoms with Crippen molar-refractivity contribution >= 4 is 101 Å². The minimum atomic E-state index is -0.201. The standard InChI is InChI=1S/C50H42O4S4/c1-3-5-7-9-19-35-36(20-10-8-6-4-2)50-38(28-44(58-50)42-24-22-30(56-42)26-40-47(53)33-17-13-14-18-34(33)48(40)54)37-27-43(57-49(35)37)41-23-21-29(55-41)25-39-45(51)31-15-11-12-16-32(31)46(39)52/h11-18,21-28H,3-10,19-20H2,1-2H3. The predicted molar refractivity (Wildman–Crippen MR) is 246 cm³/mol. The first-order chi connectivity index (χ1) is 28.3. The summed E-state index contributed by atoms with van der Waals surface area (Å²) in [6, 6.07) is 27.2. The maximum atomic E-state index is 13.2. The number of thiophene rings is 4. The van der Waals surface area contributed by atoms with E-state index in [4.69, 9.17) is 0 Å². The van der Waals surface area contributed by atoms with Crippen molar-refractivity contribution in [1.29, 1.82) is 0 Å². The van der Waals surface area contributed by atoms with E-state index in [2.05, 4.69) is 38.1 Å². The first kappa shape index (κ1) is 38.6. The number of hydrogen-bond acceptors (Lipinski definition) is 8. The molecule has 290 valence electrons. The van der Waals surface area contributed by atoms with E-state index >= 15 is 0 Å². The van der Waals surface area contributed by atoms with E-state index in [1.165, 1.54) is 79.6 Å². The molecule has 0 spiro atoms. The number of carbonyl (C=O) groups is 4. The van der Waals surface area contributed by atoms with Crippen LogP contribution in [-0.4, -0.2) is 23.1 Å². The Morgan fingerprint density at radius 3 is 1.17 bits per heavy atom. The van der Waals surface area contributed by atoms with Crippen molar-refractivity contribution in [3.8, 4) is 19.5 Å². The van der Waals surface area contributed by atoms with Crippen molar-refractivity contribution in [1.82, 2.24) is 0 Å². The highest BCUT2D eigenvalue weighted by Gasteiger charge is 2.34. The molecule has 9 rings (SSSR count). The van der Waals surface area contributed by atoms with E-state index in [1.54, 1.807) is 83.4 Å². The van der Waals surface area contributed by atoms with Gasteiger partial charge < -0.3 is 0 Å². The summed E-state index contributed by atoms with van der Waals surface area (Å²) in [4.78, 5) is 59.1. The van der Waals surface area contributed by atoms with Crippen LogP contribution in [0.2, 0.25) is 0 Å². The van der Waals surface area contributed by atoms with Crippen molar-refractivity contribution < 1.29 is 19.2 Å². The molecule has 4 nitrogen and oxygen atoms in total. The Labute approximate surface area is 354 Å². The molecular formula is C50H42O4S4. The normalized spacial score (nSPS) is 13.8. The third-order valence-corrected chi connectivity index (χ3v) is 16.2. The van der Waals surface area contributed by atoms with Gasteiger partial charge in [0.25, 0.3) is 0 Å². The fourth-order valence-electron chi connectivity index (χ4n) is 8.35. The molecule has 2 aliphatic carbocycles. The van der Waals surface area contributed by atoms with E-state index in [0.29, 0.717) is 22.3 Å². The molecule has 0 bridgehead atoms. The number of ketones is 4. The van der Waals surface area contributed by atoms with Gasteiger partial charge in [-0.05, 0) is 85.4 Å². The van der Waals surface area contributed by atoms with Crippen LogP contribution in [-0.2, 0) is 12.8 Å². The number of benzene rings is 3. The van der Waals surface area contributed by atoms with Gasteiger partial charge in [0.2, 0.25) is 0 Å². The zero-order chi connectivity index (χ0) is 39.9. The van der Waals surface area contributed by atoms with Crippen molar-refractivity contribution in [2.45, 2.75) is 78.1 Å². The molecule has 7 aromatic rings. The Hall–Kier alpha value is -4.86. The van der Waals surface area contributed by atoms with Crippen LogP contribution in [0, 0.1) is 0 Å². The topological polar surface area (TPSA) is 68.3 Å². The summed E-state index contributed by atoms with van der Waals surface area (Å²) in [7, 11) is 0. The number of carbonyl (C=O) groups excluding carboxylic acids is 4. The molecule has 0 N–H and O–H groups in total. The second-order valence-electron chi connectivity index (χ2n) is 15.2. The lowest BCUT2D eigenvalue weighted by molar-refractivity contribution is 0.0975. The number of fused-ring (bicyclic) bond motifs is 5. The summed E-state index contributed by atoms with van der Waals surface area (Å²) >= 11 is 7.00. The van der Waals surface area contributed by atoms with Crippen LogP contribution in [0.15, 0.2) is 96.1 Å². The molecule has 3 aromatic carbocycles. The molecule has 4 heterocycles. The maximum Gasteiger partial charge on any atom is 0.197 e. The summed E-state index contributed by atoms with van der Waals surface area (Å²) in [6.45, 7) is 4.53. The Kier molecular flexibility index (Phi) is 10.9. The summed E-state index contributed by atoms with van der Waals surface area (Å²) in [5, 5.41) is 2.56. The van der Waals surface area contributed by atoms with E-state index in [9.17, 15) is 19.2 Å². The minimum Gasteiger partial charge on any atom is -0.288 e. The molecule has 8 heteroatoms. The van der Waals surface area contributed by atoms with Gasteiger partial charge in [-0.15, -0.1) is 45.3 Å². The fraction of sp³-hybridized carbons (Fsp3) is 0.240.